The first-order valence-electron chi connectivity index (χ1n) is 9.08. The second-order valence-electron chi connectivity index (χ2n) is 6.31. The summed E-state index contributed by atoms with van der Waals surface area (Å²) >= 11 is 0. The molecule has 0 bridgehead atoms. The summed E-state index contributed by atoms with van der Waals surface area (Å²) in [4.78, 5) is 16.1. The zero-order valence-electron chi connectivity index (χ0n) is 15.8. The van der Waals surface area contributed by atoms with Crippen molar-refractivity contribution in [1.29, 1.82) is 0 Å². The number of hydrogen-bond acceptors (Lipinski definition) is 5. The quantitative estimate of drug-likeness (QED) is 0.435. The summed E-state index contributed by atoms with van der Waals surface area (Å²) in [6, 6.07) is 7.51. The number of ether oxygens (including phenoxy) is 1. The lowest BCUT2D eigenvalue weighted by atomic mass is 10.2. The number of hydrogen-bond donors (Lipinski definition) is 3. The lowest BCUT2D eigenvalue weighted by molar-refractivity contribution is -0.121. The lowest BCUT2D eigenvalue weighted by Crippen LogP contribution is -2.41. The zero-order chi connectivity index (χ0) is 19.7. The van der Waals surface area contributed by atoms with Gasteiger partial charge >= 0.3 is 0 Å². The molecule has 1 heterocycles. The Balaban J connectivity index is 1.72. The third kappa shape index (κ3) is 7.09. The molecule has 0 saturated carbocycles. The summed E-state index contributed by atoms with van der Waals surface area (Å²) < 4.78 is 28.4. The highest BCUT2D eigenvalue weighted by Gasteiger charge is 2.28. The SMILES string of the molecule is CCOc1ccccc1CNC(=NC)NCCC(=O)NC1CCS(=O)(=O)C1. The second-order valence-corrected chi connectivity index (χ2v) is 8.54. The van der Waals surface area contributed by atoms with Crippen LogP contribution in [0.25, 0.3) is 0 Å². The molecule has 1 unspecified atom stereocenters. The van der Waals surface area contributed by atoms with Crippen LogP contribution >= 0.6 is 0 Å². The molecule has 27 heavy (non-hydrogen) atoms. The first-order valence-corrected chi connectivity index (χ1v) is 10.9. The van der Waals surface area contributed by atoms with Crippen LogP contribution in [0.1, 0.15) is 25.3 Å². The van der Waals surface area contributed by atoms with E-state index in [1.54, 1.807) is 7.05 Å². The van der Waals surface area contributed by atoms with Crippen LogP contribution in [-0.4, -0.2) is 58.0 Å². The number of sulfone groups is 1. The van der Waals surface area contributed by atoms with Gasteiger partial charge < -0.3 is 20.7 Å². The van der Waals surface area contributed by atoms with Gasteiger partial charge in [0.15, 0.2) is 15.8 Å². The number of carbonyl (C=O) groups excluding carboxylic acids is 1. The second kappa shape index (κ2) is 10.1. The van der Waals surface area contributed by atoms with Crippen LogP contribution in [0.5, 0.6) is 5.75 Å². The summed E-state index contributed by atoms with van der Waals surface area (Å²) in [5, 5.41) is 9.04. The number of carbonyl (C=O) groups is 1. The maximum atomic E-state index is 12.0. The van der Waals surface area contributed by atoms with Crippen molar-refractivity contribution in [2.75, 3.05) is 31.7 Å². The van der Waals surface area contributed by atoms with Crippen molar-refractivity contribution in [1.82, 2.24) is 16.0 Å². The number of para-hydroxylation sites is 1. The van der Waals surface area contributed by atoms with E-state index in [-0.39, 0.29) is 29.9 Å². The van der Waals surface area contributed by atoms with Crippen LogP contribution in [0.15, 0.2) is 29.3 Å². The predicted molar refractivity (Wildman–Crippen MR) is 106 cm³/mol. The molecule has 1 amide bonds. The molecule has 0 radical (unpaired) electrons. The van der Waals surface area contributed by atoms with E-state index in [1.807, 2.05) is 31.2 Å². The normalized spacial score (nSPS) is 18.7. The summed E-state index contributed by atoms with van der Waals surface area (Å²) in [5.74, 6) is 1.43. The Labute approximate surface area is 160 Å². The van der Waals surface area contributed by atoms with Crippen LogP contribution in [0.3, 0.4) is 0 Å². The summed E-state index contributed by atoms with van der Waals surface area (Å²) in [6.07, 6.45) is 0.733. The van der Waals surface area contributed by atoms with Crippen molar-refractivity contribution in [2.24, 2.45) is 4.99 Å². The average Bonchev–Trinajstić information content (AvgIpc) is 2.97. The predicted octanol–water partition coefficient (Wildman–Crippen LogP) is 0.444. The number of amides is 1. The molecule has 0 aromatic heterocycles. The van der Waals surface area contributed by atoms with Gasteiger partial charge in [-0.05, 0) is 19.4 Å². The molecule has 2 rings (SSSR count). The van der Waals surface area contributed by atoms with Gasteiger partial charge in [-0.1, -0.05) is 18.2 Å². The van der Waals surface area contributed by atoms with Gasteiger partial charge in [0.2, 0.25) is 5.91 Å². The van der Waals surface area contributed by atoms with Gasteiger partial charge in [0.05, 0.1) is 18.1 Å². The Hall–Kier alpha value is -2.29. The van der Waals surface area contributed by atoms with Gasteiger partial charge in [-0.2, -0.15) is 0 Å². The standard InChI is InChI=1S/C18H28N4O4S/c1-3-26-16-7-5-4-6-14(16)12-21-18(19-2)20-10-8-17(23)22-15-9-11-27(24,25)13-15/h4-7,15H,3,8-13H2,1-2H3,(H,22,23)(H2,19,20,21). The Morgan fingerprint density at radius 3 is 2.74 bits per heavy atom. The number of nitrogens with zero attached hydrogens (tertiary/aromatic N) is 1. The Morgan fingerprint density at radius 1 is 1.30 bits per heavy atom. The van der Waals surface area contributed by atoms with Gasteiger partial charge in [0.25, 0.3) is 0 Å². The van der Waals surface area contributed by atoms with Crippen molar-refractivity contribution in [3.8, 4) is 5.75 Å². The van der Waals surface area contributed by atoms with Crippen LogP contribution < -0.4 is 20.7 Å². The molecule has 1 atom stereocenters. The molecular formula is C18H28N4O4S. The minimum atomic E-state index is -2.99. The van der Waals surface area contributed by atoms with Gasteiger partial charge in [-0.15, -0.1) is 0 Å². The molecule has 9 heteroatoms. The number of nitrogens with one attached hydrogen (secondary N) is 3. The molecule has 150 valence electrons. The molecule has 1 saturated heterocycles. The van der Waals surface area contributed by atoms with E-state index in [0.717, 1.165) is 11.3 Å². The molecule has 1 aliphatic rings. The fourth-order valence-electron chi connectivity index (χ4n) is 2.85. The van der Waals surface area contributed by atoms with Crippen LogP contribution in [0.4, 0.5) is 0 Å². The molecule has 1 aromatic rings. The van der Waals surface area contributed by atoms with E-state index in [1.165, 1.54) is 0 Å². The van der Waals surface area contributed by atoms with Crippen molar-refractivity contribution in [2.45, 2.75) is 32.4 Å². The molecule has 0 spiro atoms. The third-order valence-corrected chi connectivity index (χ3v) is 5.95. The molecule has 0 aliphatic carbocycles. The zero-order valence-corrected chi connectivity index (χ0v) is 16.6. The topological polar surface area (TPSA) is 109 Å². The van der Waals surface area contributed by atoms with Crippen LogP contribution in [-0.2, 0) is 21.2 Å². The molecular weight excluding hydrogens is 368 g/mol. The molecule has 1 aliphatic heterocycles. The van der Waals surface area contributed by atoms with Crippen molar-refractivity contribution < 1.29 is 17.9 Å². The summed E-state index contributed by atoms with van der Waals surface area (Å²) in [7, 11) is -1.33. The van der Waals surface area contributed by atoms with E-state index in [2.05, 4.69) is 20.9 Å². The fourth-order valence-corrected chi connectivity index (χ4v) is 4.52. The third-order valence-electron chi connectivity index (χ3n) is 4.18. The summed E-state index contributed by atoms with van der Waals surface area (Å²) in [5.41, 5.74) is 1.02. The molecule has 1 aromatic carbocycles. The molecule has 3 N–H and O–H groups in total. The van der Waals surface area contributed by atoms with E-state index < -0.39 is 9.84 Å². The van der Waals surface area contributed by atoms with Gasteiger partial charge in [0.1, 0.15) is 5.75 Å². The van der Waals surface area contributed by atoms with Crippen molar-refractivity contribution >= 4 is 21.7 Å². The molecule has 1 fully saturated rings. The number of aliphatic imine (C=N–C) groups is 1. The van der Waals surface area contributed by atoms with Gasteiger partial charge in [-0.25, -0.2) is 8.42 Å². The Bertz CT molecular complexity index is 764. The maximum Gasteiger partial charge on any atom is 0.222 e. The van der Waals surface area contributed by atoms with E-state index in [4.69, 9.17) is 4.74 Å². The van der Waals surface area contributed by atoms with Crippen LogP contribution in [0.2, 0.25) is 0 Å². The van der Waals surface area contributed by atoms with Crippen molar-refractivity contribution in [3.05, 3.63) is 29.8 Å². The minimum absolute atomic E-state index is 0.0363. The van der Waals surface area contributed by atoms with Crippen molar-refractivity contribution in [3.63, 3.8) is 0 Å². The van der Waals surface area contributed by atoms with E-state index in [9.17, 15) is 13.2 Å². The Morgan fingerprint density at radius 2 is 2.07 bits per heavy atom. The smallest absolute Gasteiger partial charge is 0.222 e. The van der Waals surface area contributed by atoms with Gasteiger partial charge in [-0.3, -0.25) is 9.79 Å². The first-order chi connectivity index (χ1) is 12.9. The fraction of sp³-hybridized carbons (Fsp3) is 0.556. The maximum absolute atomic E-state index is 12.0. The largest absolute Gasteiger partial charge is 0.494 e. The Kier molecular flexibility index (Phi) is 7.90. The first kappa shape index (κ1) is 21.0. The number of guanidine groups is 1. The average molecular weight is 397 g/mol. The molecule has 8 nitrogen and oxygen atoms in total. The number of benzene rings is 1. The highest BCUT2D eigenvalue weighted by atomic mass is 32.2. The van der Waals surface area contributed by atoms with E-state index >= 15 is 0 Å². The van der Waals surface area contributed by atoms with Gasteiger partial charge in [0, 0.05) is 38.2 Å². The van der Waals surface area contributed by atoms with Crippen LogP contribution in [0, 0.1) is 0 Å². The minimum Gasteiger partial charge on any atom is -0.494 e. The summed E-state index contributed by atoms with van der Waals surface area (Å²) in [6.45, 7) is 3.48. The highest BCUT2D eigenvalue weighted by molar-refractivity contribution is 7.91. The van der Waals surface area contributed by atoms with E-state index in [0.29, 0.717) is 32.1 Å². The number of rotatable bonds is 8. The highest BCUT2D eigenvalue weighted by Crippen LogP contribution is 2.17. The lowest BCUT2D eigenvalue weighted by Gasteiger charge is -2.15. The monoisotopic (exact) mass is 396 g/mol.